The van der Waals surface area contributed by atoms with Crippen LogP contribution in [0.1, 0.15) is 46.5 Å². The fourth-order valence-corrected chi connectivity index (χ4v) is 3.89. The minimum absolute atomic E-state index is 0.0150. The SMILES string of the molecule is CCOc1cccc(NC(=O)C2CCC(NS(=O)(=O)C(C)C)CC2)c1. The Balaban J connectivity index is 1.86. The Labute approximate surface area is 150 Å². The molecule has 1 aromatic carbocycles. The first kappa shape index (κ1) is 19.7. The van der Waals surface area contributed by atoms with Crippen molar-refractivity contribution in [1.82, 2.24) is 4.72 Å². The standard InChI is InChI=1S/C18H28N2O4S/c1-4-24-17-7-5-6-16(12-17)19-18(21)14-8-10-15(11-9-14)20-25(22,23)13(2)3/h5-7,12-15,20H,4,8-11H2,1-3H3,(H,19,21). The van der Waals surface area contributed by atoms with Crippen molar-refractivity contribution in [2.75, 3.05) is 11.9 Å². The second-order valence-corrected chi connectivity index (χ2v) is 8.98. The number of benzene rings is 1. The van der Waals surface area contributed by atoms with Gasteiger partial charge in [-0.15, -0.1) is 0 Å². The summed E-state index contributed by atoms with van der Waals surface area (Å²) in [7, 11) is -3.26. The number of hydrogen-bond acceptors (Lipinski definition) is 4. The molecule has 2 N–H and O–H groups in total. The van der Waals surface area contributed by atoms with Crippen molar-refractivity contribution >= 4 is 21.6 Å². The minimum atomic E-state index is -3.26. The van der Waals surface area contributed by atoms with Crippen molar-refractivity contribution in [2.45, 2.75) is 57.7 Å². The van der Waals surface area contributed by atoms with Gasteiger partial charge < -0.3 is 10.1 Å². The molecule has 1 saturated carbocycles. The highest BCUT2D eigenvalue weighted by molar-refractivity contribution is 7.90. The third kappa shape index (κ3) is 5.71. The van der Waals surface area contributed by atoms with E-state index in [1.165, 1.54) is 0 Å². The Morgan fingerprint density at radius 2 is 1.92 bits per heavy atom. The molecule has 1 aliphatic carbocycles. The van der Waals surface area contributed by atoms with Gasteiger partial charge in [0.05, 0.1) is 11.9 Å². The van der Waals surface area contributed by atoms with Crippen LogP contribution in [0.2, 0.25) is 0 Å². The second-order valence-electron chi connectivity index (χ2n) is 6.71. The molecule has 2 rings (SSSR count). The average molecular weight is 368 g/mol. The number of amides is 1. The summed E-state index contributed by atoms with van der Waals surface area (Å²) in [4.78, 5) is 12.4. The number of sulfonamides is 1. The lowest BCUT2D eigenvalue weighted by molar-refractivity contribution is -0.120. The number of carbonyl (C=O) groups excluding carboxylic acids is 1. The van der Waals surface area contributed by atoms with Gasteiger partial charge in [0.25, 0.3) is 0 Å². The van der Waals surface area contributed by atoms with E-state index in [-0.39, 0.29) is 17.9 Å². The number of nitrogens with one attached hydrogen (secondary N) is 2. The van der Waals surface area contributed by atoms with E-state index in [4.69, 9.17) is 4.74 Å². The molecule has 0 aliphatic heterocycles. The van der Waals surface area contributed by atoms with Crippen LogP contribution < -0.4 is 14.8 Å². The number of rotatable bonds is 7. The lowest BCUT2D eigenvalue weighted by Crippen LogP contribution is -2.42. The van der Waals surface area contributed by atoms with Crippen LogP contribution in [0.25, 0.3) is 0 Å². The van der Waals surface area contributed by atoms with Crippen molar-refractivity contribution in [2.24, 2.45) is 5.92 Å². The maximum Gasteiger partial charge on any atom is 0.227 e. The van der Waals surface area contributed by atoms with E-state index >= 15 is 0 Å². The Morgan fingerprint density at radius 3 is 2.52 bits per heavy atom. The van der Waals surface area contributed by atoms with Gasteiger partial charge in [0.15, 0.2) is 0 Å². The van der Waals surface area contributed by atoms with Gasteiger partial charge >= 0.3 is 0 Å². The van der Waals surface area contributed by atoms with Gasteiger partial charge in [-0.05, 0) is 58.6 Å². The number of ether oxygens (including phenoxy) is 1. The summed E-state index contributed by atoms with van der Waals surface area (Å²) in [5.74, 6) is 0.626. The first-order valence-electron chi connectivity index (χ1n) is 8.86. The zero-order valence-electron chi connectivity index (χ0n) is 15.1. The van der Waals surface area contributed by atoms with E-state index in [1.807, 2.05) is 31.2 Å². The second kappa shape index (κ2) is 8.67. The molecule has 0 heterocycles. The molecule has 7 heteroatoms. The Kier molecular flexibility index (Phi) is 6.84. The van der Waals surface area contributed by atoms with Gasteiger partial charge in [-0.3, -0.25) is 4.79 Å². The molecule has 1 amide bonds. The molecule has 0 aromatic heterocycles. The minimum Gasteiger partial charge on any atom is -0.494 e. The zero-order valence-corrected chi connectivity index (χ0v) is 15.9. The quantitative estimate of drug-likeness (QED) is 0.775. The zero-order chi connectivity index (χ0) is 18.4. The van der Waals surface area contributed by atoms with E-state index in [0.717, 1.165) is 11.4 Å². The molecule has 0 radical (unpaired) electrons. The van der Waals surface area contributed by atoms with Crippen LogP contribution in [0.3, 0.4) is 0 Å². The molecular formula is C18H28N2O4S. The number of hydrogen-bond donors (Lipinski definition) is 2. The van der Waals surface area contributed by atoms with Crippen LogP contribution in [0.15, 0.2) is 24.3 Å². The molecule has 0 saturated heterocycles. The third-order valence-corrected chi connectivity index (χ3v) is 6.37. The van der Waals surface area contributed by atoms with Crippen LogP contribution in [0, 0.1) is 5.92 Å². The molecule has 0 bridgehead atoms. The first-order valence-corrected chi connectivity index (χ1v) is 10.4. The molecule has 1 aliphatic rings. The van der Waals surface area contributed by atoms with Gasteiger partial charge in [-0.2, -0.15) is 0 Å². The monoisotopic (exact) mass is 368 g/mol. The Morgan fingerprint density at radius 1 is 1.24 bits per heavy atom. The third-order valence-electron chi connectivity index (χ3n) is 4.46. The molecule has 1 aromatic rings. The highest BCUT2D eigenvalue weighted by atomic mass is 32.2. The largest absolute Gasteiger partial charge is 0.494 e. The van der Waals surface area contributed by atoms with Crippen LogP contribution in [0.5, 0.6) is 5.75 Å². The first-order chi connectivity index (χ1) is 11.8. The van der Waals surface area contributed by atoms with Gasteiger partial charge in [0.1, 0.15) is 5.75 Å². The van der Waals surface area contributed by atoms with Crippen molar-refractivity contribution in [3.63, 3.8) is 0 Å². The van der Waals surface area contributed by atoms with Gasteiger partial charge in [-0.1, -0.05) is 6.07 Å². The normalized spacial score (nSPS) is 21.1. The highest BCUT2D eigenvalue weighted by Crippen LogP contribution is 2.27. The van der Waals surface area contributed by atoms with Gasteiger partial charge in [-0.25, -0.2) is 13.1 Å². The maximum atomic E-state index is 12.4. The Hall–Kier alpha value is -1.60. The van der Waals surface area contributed by atoms with Gasteiger partial charge in [0, 0.05) is 23.7 Å². The van der Waals surface area contributed by atoms with Crippen molar-refractivity contribution in [1.29, 1.82) is 0 Å². The summed E-state index contributed by atoms with van der Waals surface area (Å²) < 4.78 is 32.1. The predicted molar refractivity (Wildman–Crippen MR) is 99.2 cm³/mol. The van der Waals surface area contributed by atoms with Crippen molar-refractivity contribution < 1.29 is 17.9 Å². The maximum absolute atomic E-state index is 12.4. The summed E-state index contributed by atoms with van der Waals surface area (Å²) in [6, 6.07) is 7.27. The molecule has 1 fully saturated rings. The van der Waals surface area contributed by atoms with Crippen LogP contribution >= 0.6 is 0 Å². The fourth-order valence-electron chi connectivity index (χ4n) is 2.92. The molecule has 0 spiro atoms. The predicted octanol–water partition coefficient (Wildman–Crippen LogP) is 2.91. The summed E-state index contributed by atoms with van der Waals surface area (Å²) in [5.41, 5.74) is 0.721. The fraction of sp³-hybridized carbons (Fsp3) is 0.611. The van der Waals surface area contributed by atoms with Gasteiger partial charge in [0.2, 0.25) is 15.9 Å². The molecule has 0 atom stereocenters. The topological polar surface area (TPSA) is 84.5 Å². The number of anilines is 1. The molecular weight excluding hydrogens is 340 g/mol. The Bertz CT molecular complexity index is 680. The molecule has 140 valence electrons. The summed E-state index contributed by atoms with van der Waals surface area (Å²) in [6.07, 6.45) is 2.73. The smallest absolute Gasteiger partial charge is 0.227 e. The summed E-state index contributed by atoms with van der Waals surface area (Å²) in [6.45, 7) is 5.82. The molecule has 6 nitrogen and oxygen atoms in total. The average Bonchev–Trinajstić information content (AvgIpc) is 2.55. The van der Waals surface area contributed by atoms with E-state index in [0.29, 0.717) is 32.3 Å². The lowest BCUT2D eigenvalue weighted by atomic mass is 9.86. The van der Waals surface area contributed by atoms with E-state index < -0.39 is 15.3 Å². The lowest BCUT2D eigenvalue weighted by Gasteiger charge is -2.28. The van der Waals surface area contributed by atoms with Crippen LogP contribution in [0.4, 0.5) is 5.69 Å². The van der Waals surface area contributed by atoms with Crippen LogP contribution in [-0.4, -0.2) is 32.2 Å². The van der Waals surface area contributed by atoms with Crippen molar-refractivity contribution in [3.8, 4) is 5.75 Å². The molecule has 25 heavy (non-hydrogen) atoms. The van der Waals surface area contributed by atoms with Crippen molar-refractivity contribution in [3.05, 3.63) is 24.3 Å². The summed E-state index contributed by atoms with van der Waals surface area (Å²) >= 11 is 0. The van der Waals surface area contributed by atoms with E-state index in [9.17, 15) is 13.2 Å². The van der Waals surface area contributed by atoms with E-state index in [1.54, 1.807) is 13.8 Å². The van der Waals surface area contributed by atoms with E-state index in [2.05, 4.69) is 10.0 Å². The highest BCUT2D eigenvalue weighted by Gasteiger charge is 2.29. The van der Waals surface area contributed by atoms with Crippen LogP contribution in [-0.2, 0) is 14.8 Å². The number of carbonyl (C=O) groups is 1. The molecule has 0 unspecified atom stereocenters. The summed E-state index contributed by atoms with van der Waals surface area (Å²) in [5, 5.41) is 2.50.